The molecule has 21 heavy (non-hydrogen) atoms. The second-order valence-electron chi connectivity index (χ2n) is 6.20. The highest BCUT2D eigenvalue weighted by Gasteiger charge is 2.28. The van der Waals surface area contributed by atoms with Gasteiger partial charge in [0.2, 0.25) is 5.91 Å². The van der Waals surface area contributed by atoms with Crippen molar-refractivity contribution >= 4 is 5.91 Å². The van der Waals surface area contributed by atoms with Crippen molar-refractivity contribution in [1.82, 2.24) is 10.6 Å². The third-order valence-corrected chi connectivity index (χ3v) is 4.80. The molecule has 1 saturated heterocycles. The molecule has 0 bridgehead atoms. The number of amides is 1. The average molecular weight is 288 g/mol. The summed E-state index contributed by atoms with van der Waals surface area (Å²) < 4.78 is 5.63. The van der Waals surface area contributed by atoms with Crippen molar-refractivity contribution in [3.63, 3.8) is 0 Å². The molecule has 1 aromatic carbocycles. The third-order valence-electron chi connectivity index (χ3n) is 4.80. The van der Waals surface area contributed by atoms with E-state index in [1.165, 1.54) is 6.42 Å². The summed E-state index contributed by atoms with van der Waals surface area (Å²) in [5, 5.41) is 6.57. The highest BCUT2D eigenvalue weighted by atomic mass is 16.5. The van der Waals surface area contributed by atoms with Gasteiger partial charge < -0.3 is 15.4 Å². The van der Waals surface area contributed by atoms with Gasteiger partial charge in [-0.3, -0.25) is 4.79 Å². The number of fused-ring (bicyclic) bond motifs is 1. The molecule has 3 unspecified atom stereocenters. The van der Waals surface area contributed by atoms with Crippen LogP contribution in [0.5, 0.6) is 5.75 Å². The van der Waals surface area contributed by atoms with E-state index in [2.05, 4.69) is 17.6 Å². The van der Waals surface area contributed by atoms with E-state index in [-0.39, 0.29) is 11.8 Å². The normalized spacial score (nSPS) is 28.3. The standard InChI is InChI=1S/C17H24N2O2/c1-12-6-8-18-10-13(12)11-19-17(20)15-7-9-21-16-5-3-2-4-14(15)16/h2-5,12-13,15,18H,6-11H2,1H3,(H,19,20). The molecule has 0 aliphatic carbocycles. The van der Waals surface area contributed by atoms with E-state index in [1.54, 1.807) is 0 Å². The lowest BCUT2D eigenvalue weighted by Crippen LogP contribution is -2.43. The minimum atomic E-state index is -0.0678. The van der Waals surface area contributed by atoms with Crippen molar-refractivity contribution in [2.24, 2.45) is 11.8 Å². The molecule has 3 rings (SSSR count). The van der Waals surface area contributed by atoms with Crippen LogP contribution in [0.3, 0.4) is 0 Å². The second kappa shape index (κ2) is 6.48. The Labute approximate surface area is 126 Å². The van der Waals surface area contributed by atoms with Gasteiger partial charge in [0.1, 0.15) is 5.75 Å². The quantitative estimate of drug-likeness (QED) is 0.893. The van der Waals surface area contributed by atoms with Gasteiger partial charge in [-0.2, -0.15) is 0 Å². The molecule has 4 nitrogen and oxygen atoms in total. The number of piperidine rings is 1. The summed E-state index contributed by atoms with van der Waals surface area (Å²) in [6, 6.07) is 7.88. The highest BCUT2D eigenvalue weighted by Crippen LogP contribution is 2.33. The first-order chi connectivity index (χ1) is 10.3. The summed E-state index contributed by atoms with van der Waals surface area (Å²) in [5.41, 5.74) is 1.02. The number of rotatable bonds is 3. The van der Waals surface area contributed by atoms with E-state index >= 15 is 0 Å². The summed E-state index contributed by atoms with van der Waals surface area (Å²) in [4.78, 5) is 12.5. The molecular weight excluding hydrogens is 264 g/mol. The smallest absolute Gasteiger partial charge is 0.227 e. The fraction of sp³-hybridized carbons (Fsp3) is 0.588. The maximum atomic E-state index is 12.5. The van der Waals surface area contributed by atoms with Crippen LogP contribution in [0.25, 0.3) is 0 Å². The van der Waals surface area contributed by atoms with E-state index in [0.717, 1.165) is 37.4 Å². The zero-order valence-electron chi connectivity index (χ0n) is 12.6. The Morgan fingerprint density at radius 3 is 3.10 bits per heavy atom. The van der Waals surface area contributed by atoms with Crippen LogP contribution >= 0.6 is 0 Å². The highest BCUT2D eigenvalue weighted by molar-refractivity contribution is 5.84. The van der Waals surface area contributed by atoms with Crippen LogP contribution in [0, 0.1) is 11.8 Å². The van der Waals surface area contributed by atoms with Crippen molar-refractivity contribution < 1.29 is 9.53 Å². The Morgan fingerprint density at radius 1 is 1.38 bits per heavy atom. The van der Waals surface area contributed by atoms with Gasteiger partial charge >= 0.3 is 0 Å². The predicted molar refractivity (Wildman–Crippen MR) is 82.4 cm³/mol. The monoisotopic (exact) mass is 288 g/mol. The molecule has 0 aromatic heterocycles. The third kappa shape index (κ3) is 3.21. The van der Waals surface area contributed by atoms with E-state index in [9.17, 15) is 4.79 Å². The molecule has 0 saturated carbocycles. The number of hydrogen-bond donors (Lipinski definition) is 2. The molecule has 114 valence electrons. The lowest BCUT2D eigenvalue weighted by Gasteiger charge is -2.31. The summed E-state index contributed by atoms with van der Waals surface area (Å²) in [7, 11) is 0. The van der Waals surface area contributed by atoms with Crippen LogP contribution < -0.4 is 15.4 Å². The number of nitrogens with one attached hydrogen (secondary N) is 2. The SMILES string of the molecule is CC1CCNCC1CNC(=O)C1CCOc2ccccc21. The Kier molecular flexibility index (Phi) is 4.44. The lowest BCUT2D eigenvalue weighted by molar-refractivity contribution is -0.123. The fourth-order valence-electron chi connectivity index (χ4n) is 3.30. The van der Waals surface area contributed by atoms with Gasteiger partial charge in [-0.1, -0.05) is 25.1 Å². The first-order valence-electron chi connectivity index (χ1n) is 7.96. The molecule has 4 heteroatoms. The first-order valence-corrected chi connectivity index (χ1v) is 7.96. The van der Waals surface area contributed by atoms with Crippen LogP contribution in [-0.4, -0.2) is 32.1 Å². The summed E-state index contributed by atoms with van der Waals surface area (Å²) in [6.45, 7) is 5.77. The molecular formula is C17H24N2O2. The van der Waals surface area contributed by atoms with E-state index in [1.807, 2.05) is 24.3 Å². The summed E-state index contributed by atoms with van der Waals surface area (Å²) in [6.07, 6.45) is 1.96. The van der Waals surface area contributed by atoms with E-state index in [4.69, 9.17) is 4.74 Å². The number of hydrogen-bond acceptors (Lipinski definition) is 3. The minimum absolute atomic E-state index is 0.0678. The van der Waals surface area contributed by atoms with Crippen molar-refractivity contribution in [3.05, 3.63) is 29.8 Å². The largest absolute Gasteiger partial charge is 0.493 e. The number of benzene rings is 1. The molecule has 1 amide bonds. The van der Waals surface area contributed by atoms with Gasteiger partial charge in [-0.05, 0) is 43.8 Å². The molecule has 0 radical (unpaired) electrons. The Hall–Kier alpha value is -1.55. The molecule has 1 aromatic rings. The zero-order chi connectivity index (χ0) is 14.7. The maximum Gasteiger partial charge on any atom is 0.227 e. The molecule has 2 heterocycles. The van der Waals surface area contributed by atoms with Gasteiger partial charge in [0, 0.05) is 12.1 Å². The van der Waals surface area contributed by atoms with E-state index < -0.39 is 0 Å². The molecule has 2 aliphatic rings. The number of ether oxygens (including phenoxy) is 1. The Bertz CT molecular complexity index is 503. The second-order valence-corrected chi connectivity index (χ2v) is 6.20. The van der Waals surface area contributed by atoms with Crippen LogP contribution in [0.2, 0.25) is 0 Å². The number of carbonyl (C=O) groups excluding carboxylic acids is 1. The molecule has 2 aliphatic heterocycles. The Balaban J connectivity index is 1.61. The first kappa shape index (κ1) is 14.4. The van der Waals surface area contributed by atoms with Crippen LogP contribution in [-0.2, 0) is 4.79 Å². The summed E-state index contributed by atoms with van der Waals surface area (Å²) in [5.74, 6) is 2.15. The van der Waals surface area contributed by atoms with E-state index in [0.29, 0.717) is 18.4 Å². The molecule has 3 atom stereocenters. The molecule has 1 fully saturated rings. The lowest BCUT2D eigenvalue weighted by atomic mass is 9.87. The predicted octanol–water partition coefficient (Wildman–Crippen LogP) is 1.91. The van der Waals surface area contributed by atoms with Crippen LogP contribution in [0.15, 0.2) is 24.3 Å². The maximum absolute atomic E-state index is 12.5. The Morgan fingerprint density at radius 2 is 2.24 bits per heavy atom. The topological polar surface area (TPSA) is 50.4 Å². The molecule has 0 spiro atoms. The summed E-state index contributed by atoms with van der Waals surface area (Å²) >= 11 is 0. The van der Waals surface area contributed by atoms with Crippen molar-refractivity contribution in [2.75, 3.05) is 26.2 Å². The van der Waals surface area contributed by atoms with Crippen LogP contribution in [0.1, 0.15) is 31.2 Å². The van der Waals surface area contributed by atoms with Gasteiger partial charge in [0.05, 0.1) is 12.5 Å². The number of para-hydroxylation sites is 1. The fourth-order valence-corrected chi connectivity index (χ4v) is 3.30. The van der Waals surface area contributed by atoms with Crippen LogP contribution in [0.4, 0.5) is 0 Å². The number of carbonyl (C=O) groups is 1. The van der Waals surface area contributed by atoms with Crippen molar-refractivity contribution in [1.29, 1.82) is 0 Å². The minimum Gasteiger partial charge on any atom is -0.493 e. The van der Waals surface area contributed by atoms with Gasteiger partial charge in [0.15, 0.2) is 0 Å². The van der Waals surface area contributed by atoms with Gasteiger partial charge in [0.25, 0.3) is 0 Å². The zero-order valence-corrected chi connectivity index (χ0v) is 12.6. The average Bonchev–Trinajstić information content (AvgIpc) is 2.53. The van der Waals surface area contributed by atoms with Gasteiger partial charge in [-0.25, -0.2) is 0 Å². The molecule has 2 N–H and O–H groups in total. The van der Waals surface area contributed by atoms with Gasteiger partial charge in [-0.15, -0.1) is 0 Å². The van der Waals surface area contributed by atoms with Crippen molar-refractivity contribution in [2.45, 2.75) is 25.7 Å². The van der Waals surface area contributed by atoms with Crippen molar-refractivity contribution in [3.8, 4) is 5.75 Å².